The highest BCUT2D eigenvalue weighted by Crippen LogP contribution is 2.36. The maximum Gasteiger partial charge on any atom is 0.0488 e. The van der Waals surface area contributed by atoms with Gasteiger partial charge < -0.3 is 5.73 Å². The van der Waals surface area contributed by atoms with Crippen molar-refractivity contribution < 1.29 is 0 Å². The van der Waals surface area contributed by atoms with Crippen molar-refractivity contribution in [3.8, 4) is 11.1 Å². The van der Waals surface area contributed by atoms with Gasteiger partial charge in [0.05, 0.1) is 0 Å². The second kappa shape index (κ2) is 5.21. The summed E-state index contributed by atoms with van der Waals surface area (Å²) in [6, 6.07) is 9.64. The first-order valence-corrected chi connectivity index (χ1v) is 6.63. The lowest BCUT2D eigenvalue weighted by Crippen LogP contribution is -1.94. The van der Waals surface area contributed by atoms with E-state index in [0.717, 1.165) is 39.4 Å². The Bertz CT molecular complexity index is 591. The molecule has 0 aliphatic heterocycles. The number of benzene rings is 2. The molecule has 0 saturated carbocycles. The Kier molecular flexibility index (Phi) is 3.84. The molecule has 0 aliphatic rings. The number of nitrogens with two attached hydrogens (primary N) is 1. The second-order valence-electron chi connectivity index (χ2n) is 4.30. The molecule has 0 saturated heterocycles. The molecule has 2 aromatic rings. The molecule has 3 heteroatoms. The van der Waals surface area contributed by atoms with Gasteiger partial charge >= 0.3 is 0 Å². The quantitative estimate of drug-likeness (QED) is 0.760. The highest BCUT2D eigenvalue weighted by molar-refractivity contribution is 6.36. The van der Waals surface area contributed by atoms with Crippen LogP contribution in [0.3, 0.4) is 0 Å². The summed E-state index contributed by atoms with van der Waals surface area (Å²) in [7, 11) is 0. The zero-order valence-corrected chi connectivity index (χ0v) is 11.9. The van der Waals surface area contributed by atoms with Crippen LogP contribution in [0.15, 0.2) is 30.3 Å². The van der Waals surface area contributed by atoms with Crippen molar-refractivity contribution in [3.63, 3.8) is 0 Å². The highest BCUT2D eigenvalue weighted by atomic mass is 35.5. The van der Waals surface area contributed by atoms with Crippen LogP contribution < -0.4 is 5.73 Å². The average Bonchev–Trinajstić information content (AvgIpc) is 2.36. The third-order valence-electron chi connectivity index (χ3n) is 3.16. The lowest BCUT2D eigenvalue weighted by molar-refractivity contribution is 1.14. The topological polar surface area (TPSA) is 26.0 Å². The molecule has 0 spiro atoms. The van der Waals surface area contributed by atoms with Crippen LogP contribution in [0.1, 0.15) is 18.1 Å². The van der Waals surface area contributed by atoms with Gasteiger partial charge in [-0.1, -0.05) is 36.2 Å². The molecule has 0 aromatic heterocycles. The van der Waals surface area contributed by atoms with Crippen LogP contribution in [0.2, 0.25) is 10.0 Å². The van der Waals surface area contributed by atoms with E-state index in [9.17, 15) is 0 Å². The van der Waals surface area contributed by atoms with Crippen molar-refractivity contribution >= 4 is 28.9 Å². The molecule has 18 heavy (non-hydrogen) atoms. The van der Waals surface area contributed by atoms with Crippen LogP contribution in [-0.2, 0) is 6.42 Å². The zero-order chi connectivity index (χ0) is 13.3. The molecule has 0 aliphatic carbocycles. The fraction of sp³-hybridized carbons (Fsp3) is 0.200. The van der Waals surface area contributed by atoms with Gasteiger partial charge in [0.1, 0.15) is 0 Å². The zero-order valence-electron chi connectivity index (χ0n) is 10.4. The number of rotatable bonds is 2. The summed E-state index contributed by atoms with van der Waals surface area (Å²) in [5, 5.41) is 1.44. The number of aryl methyl sites for hydroxylation is 1. The first-order valence-electron chi connectivity index (χ1n) is 5.88. The van der Waals surface area contributed by atoms with Crippen LogP contribution in [0.25, 0.3) is 11.1 Å². The van der Waals surface area contributed by atoms with Gasteiger partial charge in [0.15, 0.2) is 0 Å². The van der Waals surface area contributed by atoms with E-state index in [1.807, 2.05) is 31.2 Å². The minimum atomic E-state index is 0.712. The minimum Gasteiger partial charge on any atom is -0.399 e. The molecule has 0 atom stereocenters. The summed E-state index contributed by atoms with van der Waals surface area (Å²) in [6.07, 6.45) is 0.900. The van der Waals surface area contributed by atoms with Gasteiger partial charge in [-0.25, -0.2) is 0 Å². The maximum absolute atomic E-state index is 6.28. The normalized spacial score (nSPS) is 10.7. The predicted molar refractivity (Wildman–Crippen MR) is 80.4 cm³/mol. The van der Waals surface area contributed by atoms with E-state index in [4.69, 9.17) is 28.9 Å². The standard InChI is InChI=1S/C15H15Cl2N/c1-3-10-8-11(4-7-14(10)18)15-9(2)12(16)5-6-13(15)17/h4-8H,3,18H2,1-2H3. The molecular formula is C15H15Cl2N. The molecule has 0 heterocycles. The van der Waals surface area contributed by atoms with E-state index >= 15 is 0 Å². The molecule has 0 bridgehead atoms. The Balaban J connectivity index is 2.65. The number of anilines is 1. The van der Waals surface area contributed by atoms with Crippen molar-refractivity contribution in [2.24, 2.45) is 0 Å². The lowest BCUT2D eigenvalue weighted by atomic mass is 9.97. The van der Waals surface area contributed by atoms with Crippen LogP contribution in [0.5, 0.6) is 0 Å². The number of nitrogen functional groups attached to an aromatic ring is 1. The molecule has 1 nitrogen and oxygen atoms in total. The first kappa shape index (κ1) is 13.3. The van der Waals surface area contributed by atoms with Crippen LogP contribution in [0, 0.1) is 6.92 Å². The third kappa shape index (κ3) is 2.33. The highest BCUT2D eigenvalue weighted by Gasteiger charge is 2.11. The van der Waals surface area contributed by atoms with Crippen molar-refractivity contribution in [3.05, 3.63) is 51.5 Å². The smallest absolute Gasteiger partial charge is 0.0488 e. The number of hydrogen-bond donors (Lipinski definition) is 1. The minimum absolute atomic E-state index is 0.712. The van der Waals surface area contributed by atoms with E-state index < -0.39 is 0 Å². The number of halogens is 2. The molecule has 0 amide bonds. The Labute approximate surface area is 118 Å². The Morgan fingerprint density at radius 3 is 2.39 bits per heavy atom. The van der Waals surface area contributed by atoms with Crippen molar-refractivity contribution in [2.45, 2.75) is 20.3 Å². The summed E-state index contributed by atoms with van der Waals surface area (Å²) in [4.78, 5) is 0. The Morgan fingerprint density at radius 1 is 1.06 bits per heavy atom. The molecule has 2 N–H and O–H groups in total. The molecule has 2 rings (SSSR count). The second-order valence-corrected chi connectivity index (χ2v) is 5.11. The van der Waals surface area contributed by atoms with Gasteiger partial charge in [-0.15, -0.1) is 0 Å². The van der Waals surface area contributed by atoms with E-state index in [0.29, 0.717) is 5.02 Å². The van der Waals surface area contributed by atoms with E-state index in [-0.39, 0.29) is 0 Å². The fourth-order valence-corrected chi connectivity index (χ4v) is 2.55. The molecule has 0 unspecified atom stereocenters. The summed E-state index contributed by atoms with van der Waals surface area (Å²) >= 11 is 12.4. The summed E-state index contributed by atoms with van der Waals surface area (Å²) in [5.41, 5.74) is 10.9. The van der Waals surface area contributed by atoms with E-state index in [1.54, 1.807) is 0 Å². The average molecular weight is 280 g/mol. The first-order chi connectivity index (χ1) is 8.54. The fourth-order valence-electron chi connectivity index (χ4n) is 2.08. The lowest BCUT2D eigenvalue weighted by Gasteiger charge is -2.12. The Morgan fingerprint density at radius 2 is 1.72 bits per heavy atom. The van der Waals surface area contributed by atoms with Crippen LogP contribution >= 0.6 is 23.2 Å². The van der Waals surface area contributed by atoms with Crippen LogP contribution in [0.4, 0.5) is 5.69 Å². The predicted octanol–water partition coefficient (Wildman–Crippen LogP) is 5.11. The van der Waals surface area contributed by atoms with Crippen molar-refractivity contribution in [2.75, 3.05) is 5.73 Å². The third-order valence-corrected chi connectivity index (χ3v) is 3.89. The number of hydrogen-bond acceptors (Lipinski definition) is 1. The van der Waals surface area contributed by atoms with E-state index in [1.165, 1.54) is 0 Å². The van der Waals surface area contributed by atoms with Crippen molar-refractivity contribution in [1.82, 2.24) is 0 Å². The van der Waals surface area contributed by atoms with E-state index in [2.05, 4.69) is 13.0 Å². The van der Waals surface area contributed by atoms with Crippen LogP contribution in [-0.4, -0.2) is 0 Å². The molecular weight excluding hydrogens is 265 g/mol. The molecule has 2 aromatic carbocycles. The molecule has 0 fully saturated rings. The monoisotopic (exact) mass is 279 g/mol. The van der Waals surface area contributed by atoms with Gasteiger partial charge in [-0.3, -0.25) is 0 Å². The largest absolute Gasteiger partial charge is 0.399 e. The van der Waals surface area contributed by atoms with Gasteiger partial charge in [0.2, 0.25) is 0 Å². The Hall–Kier alpha value is -1.18. The molecule has 94 valence electrons. The summed E-state index contributed by atoms with van der Waals surface area (Å²) in [5.74, 6) is 0. The van der Waals surface area contributed by atoms with Gasteiger partial charge in [-0.05, 0) is 54.3 Å². The summed E-state index contributed by atoms with van der Waals surface area (Å²) < 4.78 is 0. The van der Waals surface area contributed by atoms with Crippen molar-refractivity contribution in [1.29, 1.82) is 0 Å². The SMILES string of the molecule is CCc1cc(-c2c(Cl)ccc(Cl)c2C)ccc1N. The van der Waals surface area contributed by atoms with Gasteiger partial charge in [0.25, 0.3) is 0 Å². The molecule has 0 radical (unpaired) electrons. The van der Waals surface area contributed by atoms with Gasteiger partial charge in [0, 0.05) is 21.3 Å². The maximum atomic E-state index is 6.28. The summed E-state index contributed by atoms with van der Waals surface area (Å²) in [6.45, 7) is 4.06. The van der Waals surface area contributed by atoms with Gasteiger partial charge in [-0.2, -0.15) is 0 Å².